The molecule has 0 spiro atoms. The summed E-state index contributed by atoms with van der Waals surface area (Å²) in [5, 5.41) is 18.1. The molecule has 0 bridgehead atoms. The zero-order valence-electron chi connectivity index (χ0n) is 11.3. The van der Waals surface area contributed by atoms with E-state index in [9.17, 15) is 5.11 Å². The zero-order valence-corrected chi connectivity index (χ0v) is 13.7. The molecule has 110 valence electrons. The molecular formula is C13H17Cl2N3OS. The molecule has 0 radical (unpaired) electrons. The molecule has 7 heteroatoms. The summed E-state index contributed by atoms with van der Waals surface area (Å²) >= 11 is 16.8. The van der Waals surface area contributed by atoms with Crippen molar-refractivity contribution in [3.8, 4) is 5.75 Å². The highest BCUT2D eigenvalue weighted by Crippen LogP contribution is 2.31. The van der Waals surface area contributed by atoms with Crippen molar-refractivity contribution in [2.24, 2.45) is 5.10 Å². The lowest BCUT2D eigenvalue weighted by Crippen LogP contribution is -2.33. The van der Waals surface area contributed by atoms with Gasteiger partial charge in [-0.2, -0.15) is 5.10 Å². The molecular weight excluding hydrogens is 317 g/mol. The third-order valence-electron chi connectivity index (χ3n) is 2.56. The van der Waals surface area contributed by atoms with Crippen LogP contribution in [0.5, 0.6) is 5.75 Å². The van der Waals surface area contributed by atoms with E-state index in [1.54, 1.807) is 13.0 Å². The maximum atomic E-state index is 9.88. The van der Waals surface area contributed by atoms with Crippen LogP contribution in [0.4, 0.5) is 0 Å². The Hall–Kier alpha value is -1.04. The number of hydrazone groups is 1. The van der Waals surface area contributed by atoms with Crippen molar-refractivity contribution in [2.75, 3.05) is 6.54 Å². The fraction of sp³-hybridized carbons (Fsp3) is 0.385. The first-order valence-electron chi connectivity index (χ1n) is 6.22. The maximum absolute atomic E-state index is 9.88. The molecule has 0 aliphatic carbocycles. The highest BCUT2D eigenvalue weighted by Gasteiger charge is 2.10. The van der Waals surface area contributed by atoms with Gasteiger partial charge in [0, 0.05) is 17.1 Å². The monoisotopic (exact) mass is 333 g/mol. The van der Waals surface area contributed by atoms with Crippen LogP contribution in [0.25, 0.3) is 0 Å². The van der Waals surface area contributed by atoms with E-state index in [2.05, 4.69) is 22.8 Å². The molecule has 1 aromatic carbocycles. The summed E-state index contributed by atoms with van der Waals surface area (Å²) in [5.74, 6) is -0.0519. The molecule has 0 aliphatic rings. The molecule has 0 saturated carbocycles. The molecule has 20 heavy (non-hydrogen) atoms. The van der Waals surface area contributed by atoms with Gasteiger partial charge < -0.3 is 10.4 Å². The second-order valence-corrected chi connectivity index (χ2v) is 5.45. The van der Waals surface area contributed by atoms with Crippen LogP contribution in [-0.4, -0.2) is 22.5 Å². The lowest BCUT2D eigenvalue weighted by molar-refractivity contribution is 0.474. The molecule has 1 aromatic rings. The second kappa shape index (κ2) is 8.29. The topological polar surface area (TPSA) is 56.7 Å². The summed E-state index contributed by atoms with van der Waals surface area (Å²) in [6.07, 6.45) is 2.13. The standard InChI is InChI=1S/C13H17Cl2N3OS/c1-3-4-5-16-13(20)18-17-8(2)10-6-9(14)7-11(15)12(10)19/h6-7,19H,3-5H2,1-2H3,(H2,16,18,20)/b17-8+. The number of unbranched alkanes of at least 4 members (excludes halogenated alkanes) is 1. The van der Waals surface area contributed by atoms with Crippen LogP contribution in [0.15, 0.2) is 17.2 Å². The van der Waals surface area contributed by atoms with Crippen LogP contribution < -0.4 is 10.7 Å². The van der Waals surface area contributed by atoms with Crippen molar-refractivity contribution in [1.29, 1.82) is 0 Å². The van der Waals surface area contributed by atoms with Gasteiger partial charge in [0.05, 0.1) is 10.7 Å². The molecule has 0 heterocycles. The number of benzene rings is 1. The number of thiocarbonyl (C=S) groups is 1. The van der Waals surface area contributed by atoms with Crippen molar-refractivity contribution in [3.05, 3.63) is 27.7 Å². The maximum Gasteiger partial charge on any atom is 0.186 e. The van der Waals surface area contributed by atoms with Gasteiger partial charge in [0.25, 0.3) is 0 Å². The number of phenolic OH excluding ortho intramolecular Hbond substituents is 1. The highest BCUT2D eigenvalue weighted by molar-refractivity contribution is 7.80. The Morgan fingerprint density at radius 1 is 1.40 bits per heavy atom. The Bertz CT molecular complexity index is 521. The molecule has 0 unspecified atom stereocenters. The molecule has 0 fully saturated rings. The van der Waals surface area contributed by atoms with E-state index in [1.165, 1.54) is 6.07 Å². The SMILES string of the molecule is CCCCNC(=S)N/N=C(\C)c1cc(Cl)cc(Cl)c1O. The van der Waals surface area contributed by atoms with Gasteiger partial charge in [0.2, 0.25) is 0 Å². The van der Waals surface area contributed by atoms with Crippen LogP contribution in [0, 0.1) is 0 Å². The number of halogens is 2. The van der Waals surface area contributed by atoms with Crippen molar-refractivity contribution < 1.29 is 5.11 Å². The second-order valence-electron chi connectivity index (χ2n) is 4.20. The predicted molar refractivity (Wildman–Crippen MR) is 89.0 cm³/mol. The fourth-order valence-corrected chi connectivity index (χ4v) is 2.10. The minimum Gasteiger partial charge on any atom is -0.506 e. The molecule has 0 aromatic heterocycles. The number of hydrogen-bond donors (Lipinski definition) is 3. The average Bonchev–Trinajstić information content (AvgIpc) is 2.40. The quantitative estimate of drug-likeness (QED) is 0.333. The van der Waals surface area contributed by atoms with Crippen molar-refractivity contribution in [1.82, 2.24) is 10.7 Å². The van der Waals surface area contributed by atoms with Crippen LogP contribution in [0.1, 0.15) is 32.3 Å². The predicted octanol–water partition coefficient (Wildman–Crippen LogP) is 3.69. The van der Waals surface area contributed by atoms with E-state index in [0.717, 1.165) is 19.4 Å². The first kappa shape index (κ1) is 17.0. The van der Waals surface area contributed by atoms with Gasteiger partial charge in [-0.15, -0.1) is 0 Å². The molecule has 1 rings (SSSR count). The third kappa shape index (κ3) is 5.15. The first-order valence-corrected chi connectivity index (χ1v) is 7.38. The van der Waals surface area contributed by atoms with Gasteiger partial charge in [-0.25, -0.2) is 0 Å². The van der Waals surface area contributed by atoms with Crippen molar-refractivity contribution in [2.45, 2.75) is 26.7 Å². The Morgan fingerprint density at radius 3 is 2.75 bits per heavy atom. The van der Waals surface area contributed by atoms with Gasteiger partial charge >= 0.3 is 0 Å². The number of aromatic hydroxyl groups is 1. The number of hydrogen-bond acceptors (Lipinski definition) is 3. The molecule has 0 aliphatic heterocycles. The largest absolute Gasteiger partial charge is 0.506 e. The van der Waals surface area contributed by atoms with Crippen LogP contribution >= 0.6 is 35.4 Å². The first-order chi connectivity index (χ1) is 9.45. The van der Waals surface area contributed by atoms with Gasteiger partial charge in [-0.3, -0.25) is 5.43 Å². The van der Waals surface area contributed by atoms with Crippen molar-refractivity contribution >= 4 is 46.2 Å². The summed E-state index contributed by atoms with van der Waals surface area (Å²) in [7, 11) is 0. The third-order valence-corrected chi connectivity index (χ3v) is 3.30. The Morgan fingerprint density at radius 2 is 2.10 bits per heavy atom. The number of nitrogens with one attached hydrogen (secondary N) is 2. The highest BCUT2D eigenvalue weighted by atomic mass is 35.5. The minimum atomic E-state index is -0.0519. The Labute approximate surface area is 134 Å². The van der Waals surface area contributed by atoms with E-state index in [4.69, 9.17) is 35.4 Å². The summed E-state index contributed by atoms with van der Waals surface area (Å²) in [6.45, 7) is 4.63. The lowest BCUT2D eigenvalue weighted by Gasteiger charge is -2.09. The number of rotatable bonds is 5. The van der Waals surface area contributed by atoms with E-state index in [0.29, 0.717) is 21.4 Å². The van der Waals surface area contributed by atoms with E-state index in [1.807, 2.05) is 0 Å². The molecule has 0 amide bonds. The molecule has 3 N–H and O–H groups in total. The molecule has 4 nitrogen and oxygen atoms in total. The minimum absolute atomic E-state index is 0.0519. The summed E-state index contributed by atoms with van der Waals surface area (Å²) in [6, 6.07) is 3.07. The van der Waals surface area contributed by atoms with Gasteiger partial charge in [-0.1, -0.05) is 36.5 Å². The Kier molecular flexibility index (Phi) is 7.05. The number of nitrogens with zero attached hydrogens (tertiary/aromatic N) is 1. The summed E-state index contributed by atoms with van der Waals surface area (Å²) < 4.78 is 0. The lowest BCUT2D eigenvalue weighted by atomic mass is 10.1. The van der Waals surface area contributed by atoms with Crippen LogP contribution in [-0.2, 0) is 0 Å². The molecule has 0 saturated heterocycles. The normalized spacial score (nSPS) is 11.3. The van der Waals surface area contributed by atoms with Crippen LogP contribution in [0.3, 0.4) is 0 Å². The van der Waals surface area contributed by atoms with Gasteiger partial charge in [0.1, 0.15) is 5.75 Å². The summed E-state index contributed by atoms with van der Waals surface area (Å²) in [5.41, 5.74) is 3.72. The summed E-state index contributed by atoms with van der Waals surface area (Å²) in [4.78, 5) is 0. The molecule has 0 atom stereocenters. The number of phenols is 1. The zero-order chi connectivity index (χ0) is 15.1. The van der Waals surface area contributed by atoms with E-state index in [-0.39, 0.29) is 10.8 Å². The Balaban J connectivity index is 2.72. The van der Waals surface area contributed by atoms with E-state index < -0.39 is 0 Å². The van der Waals surface area contributed by atoms with E-state index >= 15 is 0 Å². The average molecular weight is 334 g/mol. The van der Waals surface area contributed by atoms with Crippen molar-refractivity contribution in [3.63, 3.8) is 0 Å². The van der Waals surface area contributed by atoms with Gasteiger partial charge in [0.15, 0.2) is 5.11 Å². The fourth-order valence-electron chi connectivity index (χ4n) is 1.45. The van der Waals surface area contributed by atoms with Gasteiger partial charge in [-0.05, 0) is 37.7 Å². The smallest absolute Gasteiger partial charge is 0.186 e. The van der Waals surface area contributed by atoms with Crippen LogP contribution in [0.2, 0.25) is 10.0 Å².